The molecule has 1 unspecified atom stereocenters. The lowest BCUT2D eigenvalue weighted by Gasteiger charge is -2.07. The second-order valence-corrected chi connectivity index (χ2v) is 5.16. The molecule has 0 aliphatic heterocycles. The lowest BCUT2D eigenvalue weighted by atomic mass is 10.0. The zero-order chi connectivity index (χ0) is 13.0. The van der Waals surface area contributed by atoms with E-state index >= 15 is 0 Å². The van der Waals surface area contributed by atoms with Crippen LogP contribution in [-0.4, -0.2) is 6.04 Å². The Bertz CT molecular complexity index is 503. The lowest BCUT2D eigenvalue weighted by Crippen LogP contribution is -2.15. The third-order valence-corrected chi connectivity index (χ3v) is 3.24. The van der Waals surface area contributed by atoms with E-state index in [-0.39, 0.29) is 6.04 Å². The fraction of sp³-hybridized carbons (Fsp3) is 0.250. The van der Waals surface area contributed by atoms with Crippen LogP contribution in [0.25, 0.3) is 11.1 Å². The molecule has 2 aromatic carbocycles. The van der Waals surface area contributed by atoms with Gasteiger partial charge in [-0.2, -0.15) is 0 Å². The molecule has 0 fully saturated rings. The van der Waals surface area contributed by atoms with E-state index in [1.165, 1.54) is 11.1 Å². The van der Waals surface area contributed by atoms with Crippen LogP contribution in [0.3, 0.4) is 0 Å². The van der Waals surface area contributed by atoms with Crippen molar-refractivity contribution in [3.05, 3.63) is 59.1 Å². The van der Waals surface area contributed by atoms with E-state index in [4.69, 9.17) is 17.3 Å². The number of nitrogens with two attached hydrogens (primary N) is 1. The van der Waals surface area contributed by atoms with Gasteiger partial charge in [-0.05, 0) is 48.6 Å². The highest BCUT2D eigenvalue weighted by atomic mass is 35.5. The SMILES string of the molecule is CC(N)CCc1ccc(-c2cccc(Cl)c2)cc1. The molecule has 2 aromatic rings. The summed E-state index contributed by atoms with van der Waals surface area (Å²) in [5, 5.41) is 0.772. The molecule has 0 aliphatic rings. The van der Waals surface area contributed by atoms with Crippen LogP contribution in [0.1, 0.15) is 18.9 Å². The quantitative estimate of drug-likeness (QED) is 0.871. The molecule has 0 heterocycles. The Hall–Kier alpha value is -1.31. The highest BCUT2D eigenvalue weighted by Gasteiger charge is 2.00. The minimum atomic E-state index is 0.262. The van der Waals surface area contributed by atoms with Crippen LogP contribution in [0.15, 0.2) is 48.5 Å². The van der Waals surface area contributed by atoms with E-state index in [2.05, 4.69) is 30.3 Å². The van der Waals surface area contributed by atoms with E-state index in [0.29, 0.717) is 0 Å². The maximum absolute atomic E-state index is 6.00. The minimum Gasteiger partial charge on any atom is -0.328 e. The van der Waals surface area contributed by atoms with Gasteiger partial charge < -0.3 is 5.73 Å². The maximum Gasteiger partial charge on any atom is 0.0412 e. The molecule has 18 heavy (non-hydrogen) atoms. The molecule has 0 saturated heterocycles. The van der Waals surface area contributed by atoms with Crippen LogP contribution in [0.4, 0.5) is 0 Å². The highest BCUT2D eigenvalue weighted by Crippen LogP contribution is 2.23. The third kappa shape index (κ3) is 3.59. The van der Waals surface area contributed by atoms with Crippen LogP contribution in [-0.2, 0) is 6.42 Å². The number of halogens is 1. The summed E-state index contributed by atoms with van der Waals surface area (Å²) in [6.45, 7) is 2.04. The predicted molar refractivity (Wildman–Crippen MR) is 78.9 cm³/mol. The maximum atomic E-state index is 6.00. The molecule has 94 valence electrons. The van der Waals surface area contributed by atoms with E-state index in [1.807, 2.05) is 25.1 Å². The van der Waals surface area contributed by atoms with Gasteiger partial charge in [0.2, 0.25) is 0 Å². The first-order valence-corrected chi connectivity index (χ1v) is 6.63. The average Bonchev–Trinajstić information content (AvgIpc) is 2.37. The van der Waals surface area contributed by atoms with Gasteiger partial charge in [-0.1, -0.05) is 48.0 Å². The zero-order valence-electron chi connectivity index (χ0n) is 10.6. The van der Waals surface area contributed by atoms with Crippen LogP contribution in [0.5, 0.6) is 0 Å². The largest absolute Gasteiger partial charge is 0.328 e. The Balaban J connectivity index is 2.12. The van der Waals surface area contributed by atoms with Gasteiger partial charge in [-0.15, -0.1) is 0 Å². The second-order valence-electron chi connectivity index (χ2n) is 4.72. The van der Waals surface area contributed by atoms with Gasteiger partial charge in [0.25, 0.3) is 0 Å². The van der Waals surface area contributed by atoms with Crippen molar-refractivity contribution in [1.29, 1.82) is 0 Å². The molecule has 2 heteroatoms. The van der Waals surface area contributed by atoms with Crippen molar-refractivity contribution < 1.29 is 0 Å². The van der Waals surface area contributed by atoms with Crippen molar-refractivity contribution in [3.63, 3.8) is 0 Å². The molecular formula is C16H18ClN. The van der Waals surface area contributed by atoms with Gasteiger partial charge >= 0.3 is 0 Å². The fourth-order valence-electron chi connectivity index (χ4n) is 1.93. The van der Waals surface area contributed by atoms with E-state index in [0.717, 1.165) is 23.4 Å². The predicted octanol–water partition coefficient (Wildman–Crippen LogP) is 4.29. The summed E-state index contributed by atoms with van der Waals surface area (Å²) in [7, 11) is 0. The average molecular weight is 260 g/mol. The van der Waals surface area contributed by atoms with Gasteiger partial charge in [0.05, 0.1) is 0 Å². The van der Waals surface area contributed by atoms with Crippen LogP contribution < -0.4 is 5.73 Å². The summed E-state index contributed by atoms with van der Waals surface area (Å²) in [6, 6.07) is 16.8. The molecule has 1 nitrogen and oxygen atoms in total. The normalized spacial score (nSPS) is 12.4. The molecule has 0 bridgehead atoms. The Kier molecular flexibility index (Phi) is 4.40. The van der Waals surface area contributed by atoms with Gasteiger partial charge in [0.15, 0.2) is 0 Å². The van der Waals surface area contributed by atoms with Gasteiger partial charge in [0, 0.05) is 11.1 Å². The Morgan fingerprint density at radius 2 is 1.78 bits per heavy atom. The highest BCUT2D eigenvalue weighted by molar-refractivity contribution is 6.30. The Morgan fingerprint density at radius 3 is 2.39 bits per heavy atom. The monoisotopic (exact) mass is 259 g/mol. The van der Waals surface area contributed by atoms with Crippen molar-refractivity contribution in [3.8, 4) is 11.1 Å². The molecule has 0 saturated carbocycles. The summed E-state index contributed by atoms with van der Waals surface area (Å²) in [4.78, 5) is 0. The van der Waals surface area contributed by atoms with Crippen molar-refractivity contribution in [2.24, 2.45) is 5.73 Å². The van der Waals surface area contributed by atoms with E-state index in [9.17, 15) is 0 Å². The van der Waals surface area contributed by atoms with Gasteiger partial charge in [0.1, 0.15) is 0 Å². The standard InChI is InChI=1S/C16H18ClN/c1-12(18)5-6-13-7-9-14(10-8-13)15-3-2-4-16(17)11-15/h2-4,7-12H,5-6,18H2,1H3. The first-order chi connectivity index (χ1) is 8.65. The van der Waals surface area contributed by atoms with E-state index < -0.39 is 0 Å². The summed E-state index contributed by atoms with van der Waals surface area (Å²) in [6.07, 6.45) is 2.06. The summed E-state index contributed by atoms with van der Waals surface area (Å²) >= 11 is 6.00. The molecule has 1 atom stereocenters. The summed E-state index contributed by atoms with van der Waals surface area (Å²) in [5.74, 6) is 0. The lowest BCUT2D eigenvalue weighted by molar-refractivity contribution is 0.666. The van der Waals surface area contributed by atoms with Crippen molar-refractivity contribution in [2.75, 3.05) is 0 Å². The first-order valence-electron chi connectivity index (χ1n) is 6.25. The molecule has 0 spiro atoms. The summed E-state index contributed by atoms with van der Waals surface area (Å²) in [5.41, 5.74) is 9.45. The molecule has 0 amide bonds. The number of aryl methyl sites for hydroxylation is 1. The molecular weight excluding hydrogens is 242 g/mol. The second kappa shape index (κ2) is 6.03. The van der Waals surface area contributed by atoms with Crippen LogP contribution in [0.2, 0.25) is 5.02 Å². The topological polar surface area (TPSA) is 26.0 Å². The van der Waals surface area contributed by atoms with E-state index in [1.54, 1.807) is 0 Å². The van der Waals surface area contributed by atoms with Crippen molar-refractivity contribution in [2.45, 2.75) is 25.8 Å². The van der Waals surface area contributed by atoms with Crippen molar-refractivity contribution in [1.82, 2.24) is 0 Å². The number of hydrogen-bond donors (Lipinski definition) is 1. The van der Waals surface area contributed by atoms with Gasteiger partial charge in [-0.25, -0.2) is 0 Å². The number of benzene rings is 2. The fourth-order valence-corrected chi connectivity index (χ4v) is 2.12. The van der Waals surface area contributed by atoms with Crippen LogP contribution >= 0.6 is 11.6 Å². The van der Waals surface area contributed by atoms with Crippen molar-refractivity contribution >= 4 is 11.6 Å². The third-order valence-electron chi connectivity index (χ3n) is 3.00. The minimum absolute atomic E-state index is 0.262. The molecule has 2 rings (SSSR count). The Labute approximate surface area is 114 Å². The molecule has 0 aromatic heterocycles. The molecule has 2 N–H and O–H groups in total. The van der Waals surface area contributed by atoms with Crippen LogP contribution in [0, 0.1) is 0 Å². The molecule has 0 radical (unpaired) electrons. The summed E-state index contributed by atoms with van der Waals surface area (Å²) < 4.78 is 0. The zero-order valence-corrected chi connectivity index (χ0v) is 11.3. The molecule has 0 aliphatic carbocycles. The number of hydrogen-bond acceptors (Lipinski definition) is 1. The van der Waals surface area contributed by atoms with Gasteiger partial charge in [-0.3, -0.25) is 0 Å². The smallest absolute Gasteiger partial charge is 0.0412 e. The number of rotatable bonds is 4. The first kappa shape index (κ1) is 13.1. The Morgan fingerprint density at radius 1 is 1.06 bits per heavy atom.